The van der Waals surface area contributed by atoms with Gasteiger partial charge < -0.3 is 20.4 Å². The Kier molecular flexibility index (Phi) is 7.81. The molecule has 0 saturated heterocycles. The first-order valence-corrected chi connectivity index (χ1v) is 10.2. The summed E-state index contributed by atoms with van der Waals surface area (Å²) in [5.74, 6) is -8.75. The molecule has 0 aromatic rings. The van der Waals surface area contributed by atoms with Gasteiger partial charge >= 0.3 is 34.3 Å². The molecule has 0 aliphatic heterocycles. The first-order valence-electron chi connectivity index (χ1n) is 5.95. The van der Waals surface area contributed by atoms with E-state index < -0.39 is 77.9 Å². The first kappa shape index (κ1) is 24.7. The van der Waals surface area contributed by atoms with Crippen LogP contribution in [-0.4, -0.2) is 80.1 Å². The highest BCUT2D eigenvalue weighted by Crippen LogP contribution is 2.18. The monoisotopic (exact) mass is 458 g/mol. The number of carbonyl (C=O) groups is 4. The predicted molar refractivity (Wildman–Crippen MR) is 76.3 cm³/mol. The van der Waals surface area contributed by atoms with Crippen LogP contribution in [-0.2, 0) is 57.1 Å². The van der Waals surface area contributed by atoms with Gasteiger partial charge in [-0.25, -0.2) is 0 Å². The van der Waals surface area contributed by atoms with E-state index in [0.717, 1.165) is 0 Å². The quantitative estimate of drug-likeness (QED) is 0.224. The molecule has 2 unspecified atom stereocenters. The van der Waals surface area contributed by atoms with Crippen molar-refractivity contribution in [1.82, 2.24) is 0 Å². The van der Waals surface area contributed by atoms with Crippen molar-refractivity contribution in [1.29, 1.82) is 0 Å². The van der Waals surface area contributed by atoms with Gasteiger partial charge in [-0.05, 0) is 0 Å². The van der Waals surface area contributed by atoms with E-state index in [2.05, 4.69) is 7.26 Å². The minimum absolute atomic E-state index is 1.68. The molecule has 0 radical (unpaired) electrons. The molecular formula is C8H10O16S3. The molecule has 0 saturated carbocycles. The van der Waals surface area contributed by atoms with Gasteiger partial charge in [-0.15, -0.1) is 7.26 Å². The molecule has 0 spiro atoms. The Morgan fingerprint density at radius 1 is 0.630 bits per heavy atom. The summed E-state index contributed by atoms with van der Waals surface area (Å²) in [7, 11) is -17.9. The maximum absolute atomic E-state index is 11.6. The van der Waals surface area contributed by atoms with Crippen LogP contribution in [0.4, 0.5) is 0 Å². The van der Waals surface area contributed by atoms with Gasteiger partial charge in [-0.1, -0.05) is 0 Å². The van der Waals surface area contributed by atoms with Crippen molar-refractivity contribution in [3.63, 3.8) is 0 Å². The highest BCUT2D eigenvalue weighted by molar-refractivity contribution is 8.04. The molecule has 0 heterocycles. The third-order valence-electron chi connectivity index (χ3n) is 2.32. The van der Waals surface area contributed by atoms with E-state index >= 15 is 0 Å². The van der Waals surface area contributed by atoms with Gasteiger partial charge in [0.1, 0.15) is 0 Å². The van der Waals surface area contributed by atoms with Crippen LogP contribution in [0.15, 0.2) is 0 Å². The molecule has 27 heavy (non-hydrogen) atoms. The number of carboxylic acid groups (broad SMARTS) is 4. The van der Waals surface area contributed by atoms with Crippen LogP contribution in [0.2, 0.25) is 0 Å². The van der Waals surface area contributed by atoms with Crippen molar-refractivity contribution in [2.75, 3.05) is 0 Å². The summed E-state index contributed by atoms with van der Waals surface area (Å²) in [4.78, 5) is 42.4. The lowest BCUT2D eigenvalue weighted by Gasteiger charge is -2.13. The number of hydrogen-bond donors (Lipinski definition) is 4. The molecule has 19 heteroatoms. The second kappa shape index (κ2) is 8.56. The molecule has 0 fully saturated rings. The first-order chi connectivity index (χ1) is 11.9. The fourth-order valence-electron chi connectivity index (χ4n) is 1.28. The SMILES string of the molecule is O=C(O)CC(C(=O)O)S(=O)(=O)OS(=O)(=O)OS(=O)(=O)C(CC(=O)O)C(=O)O. The summed E-state index contributed by atoms with van der Waals surface area (Å²) in [6.07, 6.45) is -3.37. The Morgan fingerprint density at radius 2 is 0.889 bits per heavy atom. The molecule has 2 atom stereocenters. The van der Waals surface area contributed by atoms with Crippen molar-refractivity contribution in [3.05, 3.63) is 0 Å². The number of carboxylic acids is 4. The largest absolute Gasteiger partial charge is 0.481 e. The minimum atomic E-state index is -6.21. The van der Waals surface area contributed by atoms with E-state index in [9.17, 15) is 44.4 Å². The second-order valence-corrected chi connectivity index (χ2v) is 9.39. The highest BCUT2D eigenvalue weighted by Gasteiger charge is 2.44. The standard InChI is InChI=1S/C8H10O16S3/c9-5(10)1-3(7(13)14)25(17,18)23-27(21,22)24-26(19,20)4(8(15)16)2-6(11)12/h3-4H,1-2H2,(H,9,10)(H,11,12)(H,13,14)(H,15,16). The van der Waals surface area contributed by atoms with Crippen molar-refractivity contribution in [2.24, 2.45) is 0 Å². The van der Waals surface area contributed by atoms with E-state index in [1.165, 1.54) is 0 Å². The molecule has 0 aromatic carbocycles. The van der Waals surface area contributed by atoms with Gasteiger partial charge in [-0.3, -0.25) is 19.2 Å². The summed E-state index contributed by atoms with van der Waals surface area (Å²) in [6.45, 7) is 0. The number of aliphatic carboxylic acids is 4. The highest BCUT2D eigenvalue weighted by atomic mass is 32.3. The lowest BCUT2D eigenvalue weighted by atomic mass is 10.3. The molecule has 156 valence electrons. The Morgan fingerprint density at radius 3 is 1.07 bits per heavy atom. The normalized spacial score (nSPS) is 14.8. The van der Waals surface area contributed by atoms with Gasteiger partial charge in [0.05, 0.1) is 12.8 Å². The van der Waals surface area contributed by atoms with E-state index in [4.69, 9.17) is 20.4 Å². The van der Waals surface area contributed by atoms with Gasteiger partial charge in [0.15, 0.2) is 10.5 Å². The van der Waals surface area contributed by atoms with Gasteiger partial charge in [0.25, 0.3) is 20.2 Å². The van der Waals surface area contributed by atoms with Crippen molar-refractivity contribution >= 4 is 54.5 Å². The van der Waals surface area contributed by atoms with Crippen LogP contribution in [0.1, 0.15) is 12.8 Å². The third-order valence-corrected chi connectivity index (χ3v) is 7.31. The van der Waals surface area contributed by atoms with Crippen LogP contribution in [0, 0.1) is 0 Å². The second-order valence-electron chi connectivity index (χ2n) is 4.38. The van der Waals surface area contributed by atoms with Crippen LogP contribution >= 0.6 is 0 Å². The summed E-state index contributed by atoms with van der Waals surface area (Å²) in [5, 5.41) is 28.1. The van der Waals surface area contributed by atoms with E-state index in [1.807, 2.05) is 0 Å². The van der Waals surface area contributed by atoms with E-state index in [1.54, 1.807) is 0 Å². The van der Waals surface area contributed by atoms with Crippen LogP contribution in [0.25, 0.3) is 0 Å². The van der Waals surface area contributed by atoms with Crippen LogP contribution in [0.3, 0.4) is 0 Å². The van der Waals surface area contributed by atoms with Crippen molar-refractivity contribution in [2.45, 2.75) is 23.3 Å². The van der Waals surface area contributed by atoms with Crippen molar-refractivity contribution in [3.8, 4) is 0 Å². The number of rotatable bonds is 12. The molecular weight excluding hydrogens is 448 g/mol. The fraction of sp³-hybridized carbons (Fsp3) is 0.500. The Balaban J connectivity index is 5.77. The van der Waals surface area contributed by atoms with E-state index in [0.29, 0.717) is 0 Å². The summed E-state index contributed by atoms with van der Waals surface area (Å²) in [6, 6.07) is 0. The Hall–Kier alpha value is -2.35. The van der Waals surface area contributed by atoms with E-state index in [-0.39, 0.29) is 0 Å². The topological polar surface area (TPSA) is 270 Å². The zero-order valence-electron chi connectivity index (χ0n) is 12.5. The maximum Gasteiger partial charge on any atom is 0.429 e. The smallest absolute Gasteiger partial charge is 0.429 e. The minimum Gasteiger partial charge on any atom is -0.481 e. The van der Waals surface area contributed by atoms with Gasteiger partial charge in [0, 0.05) is 0 Å². The summed E-state index contributed by atoms with van der Waals surface area (Å²) in [5.41, 5.74) is 0. The average molecular weight is 458 g/mol. The predicted octanol–water partition coefficient (Wildman–Crippen LogP) is -3.22. The molecule has 4 N–H and O–H groups in total. The lowest BCUT2D eigenvalue weighted by Crippen LogP contribution is -2.38. The third kappa shape index (κ3) is 7.82. The molecule has 16 nitrogen and oxygen atoms in total. The molecule has 0 bridgehead atoms. The van der Waals surface area contributed by atoms with Crippen LogP contribution in [0.5, 0.6) is 0 Å². The Bertz CT molecular complexity index is 866. The zero-order valence-corrected chi connectivity index (χ0v) is 14.9. The lowest BCUT2D eigenvalue weighted by molar-refractivity contribution is -0.143. The molecule has 0 aromatic heterocycles. The molecule has 0 aliphatic rings. The summed E-state index contributed by atoms with van der Waals surface area (Å²) >= 11 is 0. The zero-order chi connectivity index (χ0) is 21.8. The summed E-state index contributed by atoms with van der Waals surface area (Å²) < 4.78 is 75.6. The van der Waals surface area contributed by atoms with Crippen LogP contribution < -0.4 is 0 Å². The Labute approximate surface area is 150 Å². The molecule has 0 aliphatic carbocycles. The van der Waals surface area contributed by atoms with Crippen molar-refractivity contribution < 1.29 is 72.1 Å². The van der Waals surface area contributed by atoms with Gasteiger partial charge in [0.2, 0.25) is 0 Å². The average Bonchev–Trinajstić information content (AvgIpc) is 2.38. The maximum atomic E-state index is 11.6. The molecule has 0 amide bonds. The van der Waals surface area contributed by atoms with Gasteiger partial charge in [-0.2, -0.15) is 25.3 Å². The molecule has 0 rings (SSSR count). The number of hydrogen-bond acceptors (Lipinski definition) is 12. The fourth-order valence-corrected chi connectivity index (χ4v) is 5.38.